The van der Waals surface area contributed by atoms with E-state index in [1.165, 1.54) is 0 Å². The van der Waals surface area contributed by atoms with Gasteiger partial charge < -0.3 is 25.4 Å². The van der Waals surface area contributed by atoms with Gasteiger partial charge in [0.15, 0.2) is 17.4 Å². The van der Waals surface area contributed by atoms with E-state index in [4.69, 9.17) is 15.5 Å². The van der Waals surface area contributed by atoms with Crippen molar-refractivity contribution in [2.24, 2.45) is 0 Å². The highest BCUT2D eigenvalue weighted by atomic mass is 19.4. The number of rotatable bonds is 3. The first kappa shape index (κ1) is 25.4. The van der Waals surface area contributed by atoms with Crippen LogP contribution in [-0.4, -0.2) is 47.1 Å². The number of hydrogen-bond donors (Lipinski definition) is 2. The number of alkyl halides is 3. The lowest BCUT2D eigenvalue weighted by atomic mass is 9.97. The number of nitriles is 1. The summed E-state index contributed by atoms with van der Waals surface area (Å²) in [6, 6.07) is 3.69. The summed E-state index contributed by atoms with van der Waals surface area (Å²) >= 11 is 0. The monoisotopic (exact) mass is 546 g/mol. The third kappa shape index (κ3) is 4.05. The van der Waals surface area contributed by atoms with Crippen molar-refractivity contribution < 1.29 is 31.4 Å². The number of ether oxygens (including phenoxy) is 2. The molecule has 3 aromatic rings. The molecule has 2 aromatic heterocycles. The number of piperazine rings is 1. The fraction of sp³-hybridized carbons (Fsp3) is 0.423. The van der Waals surface area contributed by atoms with Crippen LogP contribution in [0.3, 0.4) is 0 Å². The Labute approximate surface area is 219 Å². The number of benzene rings is 1. The van der Waals surface area contributed by atoms with E-state index in [0.29, 0.717) is 24.1 Å². The Morgan fingerprint density at radius 3 is 2.72 bits per heavy atom. The number of fused-ring (bicyclic) bond motifs is 5. The molecule has 4 atom stereocenters. The van der Waals surface area contributed by atoms with Crippen LogP contribution in [0.1, 0.15) is 31.0 Å². The lowest BCUT2D eigenvalue weighted by molar-refractivity contribution is -0.275. The van der Waals surface area contributed by atoms with E-state index in [9.17, 15) is 22.8 Å². The third-order valence-corrected chi connectivity index (χ3v) is 7.65. The van der Waals surface area contributed by atoms with E-state index < -0.39 is 41.1 Å². The molecule has 3 aliphatic heterocycles. The van der Waals surface area contributed by atoms with Crippen LogP contribution in [0.25, 0.3) is 22.0 Å². The maximum absolute atomic E-state index is 16.5. The molecule has 0 unspecified atom stereocenters. The van der Waals surface area contributed by atoms with Crippen LogP contribution in [0.5, 0.6) is 11.6 Å². The second kappa shape index (κ2) is 8.81. The van der Waals surface area contributed by atoms with Gasteiger partial charge in [0, 0.05) is 41.5 Å². The Morgan fingerprint density at radius 1 is 1.23 bits per heavy atom. The van der Waals surface area contributed by atoms with Gasteiger partial charge in [-0.3, -0.25) is 0 Å². The van der Waals surface area contributed by atoms with Crippen molar-refractivity contribution in [1.29, 1.82) is 5.26 Å². The molecule has 2 bridgehead atoms. The standard InChI is InChI=1S/C26H23F5N6O2/c1-10-14(5-6-32)18-19-24(34-10)37-9-13-3-4-17(35-13)22(37)11(2)38-25(19)36-21(20(18)28)15-7-12(33)8-16(27)23(15)39-26(29,30)31/h7-8,11,13,17,22,35H,3-5,9,33H2,1-2H3/t11-,13+,17-,22+/m0/s1. The number of nitrogens with two attached hydrogens (primary N) is 1. The number of aromatic nitrogens is 2. The molecule has 0 saturated carbocycles. The first-order valence-corrected chi connectivity index (χ1v) is 12.4. The highest BCUT2D eigenvalue weighted by Crippen LogP contribution is 2.47. The summed E-state index contributed by atoms with van der Waals surface area (Å²) in [5, 5.41) is 13.2. The zero-order chi connectivity index (χ0) is 27.8. The first-order chi connectivity index (χ1) is 18.5. The molecule has 13 heteroatoms. The van der Waals surface area contributed by atoms with E-state index in [1.54, 1.807) is 6.92 Å². The number of pyridine rings is 2. The predicted octanol–water partition coefficient (Wildman–Crippen LogP) is 4.52. The molecule has 3 N–H and O–H groups in total. The van der Waals surface area contributed by atoms with Gasteiger partial charge in [-0.1, -0.05) is 0 Å². The summed E-state index contributed by atoms with van der Waals surface area (Å²) in [6.07, 6.45) is -4.13. The van der Waals surface area contributed by atoms with Crippen molar-refractivity contribution in [1.82, 2.24) is 15.3 Å². The van der Waals surface area contributed by atoms with Crippen LogP contribution < -0.4 is 25.4 Å². The number of hydrogen-bond acceptors (Lipinski definition) is 8. The Kier molecular flexibility index (Phi) is 5.73. The molecule has 2 saturated heterocycles. The van der Waals surface area contributed by atoms with E-state index in [2.05, 4.69) is 19.9 Å². The minimum atomic E-state index is -5.27. The summed E-state index contributed by atoms with van der Waals surface area (Å²) < 4.78 is 81.2. The first-order valence-electron chi connectivity index (χ1n) is 12.4. The Bertz CT molecular complexity index is 1560. The van der Waals surface area contributed by atoms with Gasteiger partial charge in [-0.2, -0.15) is 5.26 Å². The van der Waals surface area contributed by atoms with Gasteiger partial charge in [0.25, 0.3) is 0 Å². The fourth-order valence-electron chi connectivity index (χ4n) is 6.17. The van der Waals surface area contributed by atoms with Crippen molar-refractivity contribution in [3.63, 3.8) is 0 Å². The lowest BCUT2D eigenvalue weighted by Gasteiger charge is -2.43. The number of nitrogens with one attached hydrogen (secondary N) is 1. The summed E-state index contributed by atoms with van der Waals surface area (Å²) in [4.78, 5) is 11.1. The quantitative estimate of drug-likeness (QED) is 0.365. The molecular weight excluding hydrogens is 523 g/mol. The lowest BCUT2D eigenvalue weighted by Crippen LogP contribution is -2.62. The number of anilines is 2. The van der Waals surface area contributed by atoms with E-state index >= 15 is 4.39 Å². The van der Waals surface area contributed by atoms with Gasteiger partial charge in [-0.25, -0.2) is 18.7 Å². The molecule has 6 rings (SSSR count). The molecule has 0 radical (unpaired) electrons. The molecule has 5 heterocycles. The number of nitrogen functional groups attached to an aromatic ring is 1. The normalized spacial score (nSPS) is 23.7. The average Bonchev–Trinajstić information content (AvgIpc) is 3.17. The molecule has 1 aromatic carbocycles. The largest absolute Gasteiger partial charge is 0.573 e. The molecule has 2 fully saturated rings. The van der Waals surface area contributed by atoms with Crippen LogP contribution in [0.2, 0.25) is 0 Å². The Morgan fingerprint density at radius 2 is 2.00 bits per heavy atom. The summed E-state index contributed by atoms with van der Waals surface area (Å²) in [7, 11) is 0. The summed E-state index contributed by atoms with van der Waals surface area (Å²) in [5.74, 6) is -3.43. The highest BCUT2D eigenvalue weighted by Gasteiger charge is 2.47. The van der Waals surface area contributed by atoms with Gasteiger partial charge >= 0.3 is 6.36 Å². The van der Waals surface area contributed by atoms with Gasteiger partial charge in [0.05, 0.1) is 29.5 Å². The van der Waals surface area contributed by atoms with Crippen molar-refractivity contribution >= 4 is 22.3 Å². The molecule has 39 heavy (non-hydrogen) atoms. The van der Waals surface area contributed by atoms with Crippen molar-refractivity contribution in [2.45, 2.75) is 63.7 Å². The van der Waals surface area contributed by atoms with Gasteiger partial charge in [-0.15, -0.1) is 13.2 Å². The minimum absolute atomic E-state index is 0.0708. The fourth-order valence-corrected chi connectivity index (χ4v) is 6.17. The van der Waals surface area contributed by atoms with E-state index in [-0.39, 0.29) is 52.4 Å². The van der Waals surface area contributed by atoms with Crippen LogP contribution >= 0.6 is 0 Å². The van der Waals surface area contributed by atoms with E-state index in [0.717, 1.165) is 18.9 Å². The van der Waals surface area contributed by atoms with Crippen LogP contribution in [0.4, 0.5) is 33.5 Å². The number of nitrogens with zero attached hydrogens (tertiary/aromatic N) is 4. The topological polar surface area (TPSA) is 109 Å². The van der Waals surface area contributed by atoms with Gasteiger partial charge in [0.2, 0.25) is 5.88 Å². The molecule has 0 amide bonds. The summed E-state index contributed by atoms with van der Waals surface area (Å²) in [6.45, 7) is 4.06. The SMILES string of the molecule is Cc1nc2c3c(nc(-c4cc(N)cc(F)c4OC(F)(F)F)c(F)c3c1CC#N)O[C@@H](C)[C@@H]1[C@@H]3CC[C@H](CN21)N3. The Hall–Kier alpha value is -3.92. The average molecular weight is 547 g/mol. The van der Waals surface area contributed by atoms with Crippen molar-refractivity contribution in [3.05, 3.63) is 35.0 Å². The molecule has 204 valence electrons. The molecule has 0 aliphatic carbocycles. The number of aryl methyl sites for hydroxylation is 1. The van der Waals surface area contributed by atoms with Crippen LogP contribution in [0.15, 0.2) is 12.1 Å². The molecular formula is C26H23F5N6O2. The van der Waals surface area contributed by atoms with Crippen LogP contribution in [0, 0.1) is 29.9 Å². The van der Waals surface area contributed by atoms with E-state index in [1.807, 2.05) is 13.0 Å². The van der Waals surface area contributed by atoms with Crippen molar-refractivity contribution in [2.75, 3.05) is 17.2 Å². The highest BCUT2D eigenvalue weighted by molar-refractivity contribution is 6.02. The van der Waals surface area contributed by atoms with Crippen LogP contribution in [-0.2, 0) is 6.42 Å². The maximum atomic E-state index is 16.5. The van der Waals surface area contributed by atoms with Gasteiger partial charge in [-0.05, 0) is 38.3 Å². The molecule has 3 aliphatic rings. The predicted molar refractivity (Wildman–Crippen MR) is 131 cm³/mol. The zero-order valence-electron chi connectivity index (χ0n) is 20.9. The Balaban J connectivity index is 1.68. The van der Waals surface area contributed by atoms with Gasteiger partial charge in [0.1, 0.15) is 17.6 Å². The van der Waals surface area contributed by atoms with Crippen molar-refractivity contribution in [3.8, 4) is 29.0 Å². The minimum Gasteiger partial charge on any atom is -0.472 e. The second-order valence-corrected chi connectivity index (χ2v) is 10.1. The smallest absolute Gasteiger partial charge is 0.472 e. The second-order valence-electron chi connectivity index (χ2n) is 10.1. The summed E-state index contributed by atoms with van der Waals surface area (Å²) in [5.41, 5.74) is 4.80. The third-order valence-electron chi connectivity index (χ3n) is 7.65. The molecule has 8 nitrogen and oxygen atoms in total. The number of halogens is 5. The maximum Gasteiger partial charge on any atom is 0.573 e. The molecule has 0 spiro atoms. The zero-order valence-corrected chi connectivity index (χ0v) is 20.9.